The number of anilines is 1. The topological polar surface area (TPSA) is 64.2 Å². The highest BCUT2D eigenvalue weighted by Gasteiger charge is 2.36. The van der Waals surface area contributed by atoms with E-state index in [2.05, 4.69) is 26.8 Å². The van der Waals surface area contributed by atoms with Crippen LogP contribution in [0.2, 0.25) is 0 Å². The molecular formula is C19H17N5OS. The molecule has 1 N–H and O–H groups in total. The molecule has 0 spiro atoms. The summed E-state index contributed by atoms with van der Waals surface area (Å²) in [4.78, 5) is 18.1. The number of hydrogen-bond acceptors (Lipinski definition) is 4. The number of thiazole rings is 1. The molecule has 130 valence electrons. The second-order valence-electron chi connectivity index (χ2n) is 6.54. The SMILES string of the molecule is Cc1nc2sccn2c1[C@H]1CC(=O)Nc2c1c(-c1ccccc1)nn2C. The molecule has 3 aromatic heterocycles. The van der Waals surface area contributed by atoms with Gasteiger partial charge in [-0.1, -0.05) is 30.3 Å². The van der Waals surface area contributed by atoms with Crippen molar-refractivity contribution in [2.24, 2.45) is 7.05 Å². The molecule has 0 unspecified atom stereocenters. The minimum Gasteiger partial charge on any atom is -0.311 e. The van der Waals surface area contributed by atoms with Gasteiger partial charge in [-0.15, -0.1) is 11.3 Å². The molecule has 0 saturated heterocycles. The van der Waals surface area contributed by atoms with Crippen LogP contribution in [0.1, 0.15) is 29.3 Å². The highest BCUT2D eigenvalue weighted by molar-refractivity contribution is 7.15. The number of aromatic nitrogens is 4. The number of nitrogens with zero attached hydrogens (tertiary/aromatic N) is 4. The standard InChI is InChI=1S/C19H17N5OS/c1-11-17(24-8-9-26-19(24)20-11)13-10-14(25)21-18-15(13)16(22-23(18)2)12-6-4-3-5-7-12/h3-9,13H,10H2,1-2H3,(H,21,25)/t13-/m0/s1. The van der Waals surface area contributed by atoms with Gasteiger partial charge in [-0.2, -0.15) is 5.10 Å². The predicted octanol–water partition coefficient (Wildman–Crippen LogP) is 3.58. The van der Waals surface area contributed by atoms with Gasteiger partial charge in [0.2, 0.25) is 5.91 Å². The van der Waals surface area contributed by atoms with Crippen LogP contribution in [0.25, 0.3) is 16.2 Å². The second-order valence-corrected chi connectivity index (χ2v) is 7.42. The van der Waals surface area contributed by atoms with Crippen molar-refractivity contribution in [3.63, 3.8) is 0 Å². The van der Waals surface area contributed by atoms with Crippen LogP contribution < -0.4 is 5.32 Å². The molecule has 0 radical (unpaired) electrons. The Bertz CT molecular complexity index is 1140. The second kappa shape index (κ2) is 5.54. The third-order valence-corrected chi connectivity index (χ3v) is 5.70. The fourth-order valence-corrected chi connectivity index (χ4v) is 4.63. The van der Waals surface area contributed by atoms with Gasteiger partial charge >= 0.3 is 0 Å². The van der Waals surface area contributed by atoms with Crippen LogP contribution in [0.15, 0.2) is 41.9 Å². The molecule has 1 aliphatic rings. The minimum absolute atomic E-state index is 0.00897. The maximum Gasteiger partial charge on any atom is 0.226 e. The molecule has 1 amide bonds. The Morgan fingerprint density at radius 2 is 2.08 bits per heavy atom. The van der Waals surface area contributed by atoms with Crippen molar-refractivity contribution in [2.75, 3.05) is 5.32 Å². The Kier molecular flexibility index (Phi) is 3.27. The van der Waals surface area contributed by atoms with Crippen molar-refractivity contribution < 1.29 is 4.79 Å². The van der Waals surface area contributed by atoms with E-state index in [4.69, 9.17) is 5.10 Å². The van der Waals surface area contributed by atoms with Gasteiger partial charge in [0.1, 0.15) is 5.82 Å². The number of carbonyl (C=O) groups is 1. The fraction of sp³-hybridized carbons (Fsp3) is 0.211. The van der Waals surface area contributed by atoms with Crippen LogP contribution >= 0.6 is 11.3 Å². The van der Waals surface area contributed by atoms with E-state index in [0.717, 1.165) is 39.0 Å². The summed E-state index contributed by atoms with van der Waals surface area (Å²) >= 11 is 1.60. The molecule has 0 saturated carbocycles. The fourth-order valence-electron chi connectivity index (χ4n) is 3.86. The van der Waals surface area contributed by atoms with E-state index in [1.165, 1.54) is 0 Å². The van der Waals surface area contributed by atoms with Gasteiger partial charge in [0.15, 0.2) is 4.96 Å². The summed E-state index contributed by atoms with van der Waals surface area (Å²) in [5.74, 6) is 0.705. The molecular weight excluding hydrogens is 346 g/mol. The van der Waals surface area contributed by atoms with Gasteiger partial charge in [-0.05, 0) is 6.92 Å². The number of nitrogens with one attached hydrogen (secondary N) is 1. The molecule has 0 aliphatic carbocycles. The van der Waals surface area contributed by atoms with E-state index in [9.17, 15) is 4.79 Å². The smallest absolute Gasteiger partial charge is 0.226 e. The Morgan fingerprint density at radius 3 is 2.88 bits per heavy atom. The number of carbonyl (C=O) groups excluding carboxylic acids is 1. The third-order valence-electron chi connectivity index (χ3n) is 4.94. The zero-order chi connectivity index (χ0) is 17.8. The number of imidazole rings is 1. The Labute approximate surface area is 154 Å². The zero-order valence-electron chi connectivity index (χ0n) is 14.4. The molecule has 6 nitrogen and oxygen atoms in total. The minimum atomic E-state index is -0.0766. The normalized spacial score (nSPS) is 16.7. The largest absolute Gasteiger partial charge is 0.311 e. The summed E-state index contributed by atoms with van der Waals surface area (Å²) < 4.78 is 3.87. The van der Waals surface area contributed by atoms with Crippen molar-refractivity contribution >= 4 is 28.0 Å². The lowest BCUT2D eigenvalue weighted by Crippen LogP contribution is -2.25. The highest BCUT2D eigenvalue weighted by Crippen LogP contribution is 2.43. The summed E-state index contributed by atoms with van der Waals surface area (Å²) in [6.07, 6.45) is 2.42. The molecule has 4 aromatic rings. The zero-order valence-corrected chi connectivity index (χ0v) is 15.2. The quantitative estimate of drug-likeness (QED) is 0.592. The first-order chi connectivity index (χ1) is 12.6. The van der Waals surface area contributed by atoms with Gasteiger partial charge < -0.3 is 5.32 Å². The number of fused-ring (bicyclic) bond motifs is 2. The number of hydrogen-bond donors (Lipinski definition) is 1. The van der Waals surface area contributed by atoms with E-state index >= 15 is 0 Å². The van der Waals surface area contributed by atoms with Crippen LogP contribution in [0.4, 0.5) is 5.82 Å². The van der Waals surface area contributed by atoms with Crippen LogP contribution in [0.3, 0.4) is 0 Å². The first kappa shape index (κ1) is 15.3. The van der Waals surface area contributed by atoms with Gasteiger partial charge in [0, 0.05) is 42.1 Å². The van der Waals surface area contributed by atoms with Crippen molar-refractivity contribution in [3.8, 4) is 11.3 Å². The molecule has 0 bridgehead atoms. The van der Waals surface area contributed by atoms with E-state index in [0.29, 0.717) is 6.42 Å². The maximum absolute atomic E-state index is 12.4. The predicted molar refractivity (Wildman–Crippen MR) is 102 cm³/mol. The van der Waals surface area contributed by atoms with Gasteiger partial charge in [0.25, 0.3) is 0 Å². The van der Waals surface area contributed by atoms with E-state index in [1.807, 2.05) is 43.7 Å². The molecule has 1 aliphatic heterocycles. The molecule has 26 heavy (non-hydrogen) atoms. The van der Waals surface area contributed by atoms with E-state index < -0.39 is 0 Å². The van der Waals surface area contributed by atoms with Gasteiger partial charge in [-0.3, -0.25) is 13.9 Å². The van der Waals surface area contributed by atoms with Gasteiger partial charge in [0.05, 0.1) is 17.1 Å². The average molecular weight is 363 g/mol. The number of benzene rings is 1. The number of amides is 1. The van der Waals surface area contributed by atoms with Gasteiger partial charge in [-0.25, -0.2) is 4.98 Å². The molecule has 1 aromatic carbocycles. The van der Waals surface area contributed by atoms with E-state index in [-0.39, 0.29) is 11.8 Å². The molecule has 0 fully saturated rings. The van der Waals surface area contributed by atoms with Crippen molar-refractivity contribution in [3.05, 3.63) is 58.9 Å². The summed E-state index contributed by atoms with van der Waals surface area (Å²) in [5.41, 5.74) is 5.06. The lowest BCUT2D eigenvalue weighted by atomic mass is 9.86. The lowest BCUT2D eigenvalue weighted by molar-refractivity contribution is -0.116. The first-order valence-corrected chi connectivity index (χ1v) is 9.35. The number of rotatable bonds is 2. The molecule has 4 heterocycles. The highest BCUT2D eigenvalue weighted by atomic mass is 32.1. The van der Waals surface area contributed by atoms with Crippen LogP contribution in [0.5, 0.6) is 0 Å². The summed E-state index contributed by atoms with van der Waals surface area (Å²) in [7, 11) is 1.87. The van der Waals surface area contributed by atoms with Crippen molar-refractivity contribution in [1.29, 1.82) is 0 Å². The summed E-state index contributed by atoms with van der Waals surface area (Å²) in [6.45, 7) is 2.01. The Hall–Kier alpha value is -2.93. The first-order valence-electron chi connectivity index (χ1n) is 8.47. The Morgan fingerprint density at radius 1 is 1.27 bits per heavy atom. The molecule has 5 rings (SSSR count). The molecule has 7 heteroatoms. The summed E-state index contributed by atoms with van der Waals surface area (Å²) in [6, 6.07) is 10.1. The summed E-state index contributed by atoms with van der Waals surface area (Å²) in [5, 5.41) is 9.76. The van der Waals surface area contributed by atoms with Crippen molar-refractivity contribution in [1.82, 2.24) is 19.2 Å². The van der Waals surface area contributed by atoms with Crippen molar-refractivity contribution in [2.45, 2.75) is 19.3 Å². The molecule has 1 atom stereocenters. The lowest BCUT2D eigenvalue weighted by Gasteiger charge is -2.24. The monoisotopic (exact) mass is 363 g/mol. The maximum atomic E-state index is 12.4. The third kappa shape index (κ3) is 2.13. The van der Waals surface area contributed by atoms with Crippen LogP contribution in [-0.2, 0) is 11.8 Å². The average Bonchev–Trinajstić information content (AvgIpc) is 3.29. The number of aryl methyl sites for hydroxylation is 2. The van der Waals surface area contributed by atoms with Crippen LogP contribution in [-0.4, -0.2) is 25.1 Å². The van der Waals surface area contributed by atoms with Crippen LogP contribution in [0, 0.1) is 6.92 Å². The Balaban J connectivity index is 1.79. The van der Waals surface area contributed by atoms with E-state index in [1.54, 1.807) is 16.0 Å².